The molecule has 1 atom stereocenters. The highest BCUT2D eigenvalue weighted by molar-refractivity contribution is 5.82. The Morgan fingerprint density at radius 2 is 1.89 bits per heavy atom. The minimum atomic E-state index is -0.237. The number of rotatable bonds is 10. The Kier molecular flexibility index (Phi) is 11.7. The molecule has 0 aromatic carbocycles. The van der Waals surface area contributed by atoms with Crippen molar-refractivity contribution in [2.75, 3.05) is 0 Å². The van der Waals surface area contributed by atoms with Crippen LogP contribution in [0.1, 0.15) is 65.7 Å². The smallest absolute Gasteiger partial charge is 0.331 e. The van der Waals surface area contributed by atoms with E-state index in [1.807, 2.05) is 13.0 Å². The molecule has 0 aliphatic heterocycles. The number of hydrogen-bond donors (Lipinski definition) is 0. The Morgan fingerprint density at radius 1 is 1.11 bits per heavy atom. The van der Waals surface area contributed by atoms with E-state index < -0.39 is 0 Å². The third-order valence-corrected chi connectivity index (χ3v) is 2.72. The molecule has 0 bridgehead atoms. The van der Waals surface area contributed by atoms with Crippen molar-refractivity contribution in [1.82, 2.24) is 0 Å². The van der Waals surface area contributed by atoms with E-state index in [1.54, 1.807) is 6.08 Å². The molecule has 0 aromatic rings. The Balaban J connectivity index is 3.66. The molecule has 2 nitrogen and oxygen atoms in total. The Hall–Kier alpha value is -1.05. The highest BCUT2D eigenvalue weighted by Gasteiger charge is 2.05. The number of hydrogen-bond acceptors (Lipinski definition) is 2. The van der Waals surface area contributed by atoms with Gasteiger partial charge in [0.2, 0.25) is 0 Å². The van der Waals surface area contributed by atoms with Crippen LogP contribution in [0, 0.1) is 0 Å². The summed E-state index contributed by atoms with van der Waals surface area (Å²) in [6.07, 6.45) is 15.2. The summed E-state index contributed by atoms with van der Waals surface area (Å²) in [5, 5.41) is 0. The van der Waals surface area contributed by atoms with Crippen LogP contribution < -0.4 is 0 Å². The average Bonchev–Trinajstić information content (AvgIpc) is 2.34. The maximum Gasteiger partial charge on any atom is 0.331 e. The van der Waals surface area contributed by atoms with Crippen molar-refractivity contribution in [3.8, 4) is 0 Å². The molecule has 0 N–H and O–H groups in total. The summed E-state index contributed by atoms with van der Waals surface area (Å²) in [4.78, 5) is 11.4. The van der Waals surface area contributed by atoms with Gasteiger partial charge < -0.3 is 4.74 Å². The number of ether oxygens (including phenoxy) is 1. The molecule has 0 amide bonds. The summed E-state index contributed by atoms with van der Waals surface area (Å²) in [5.41, 5.74) is 0. The molecule has 0 aliphatic carbocycles. The van der Waals surface area contributed by atoms with E-state index in [-0.39, 0.29) is 12.1 Å². The molecule has 0 aromatic heterocycles. The summed E-state index contributed by atoms with van der Waals surface area (Å²) in [6, 6.07) is 0. The molecule has 0 heterocycles. The van der Waals surface area contributed by atoms with Crippen LogP contribution in [-0.2, 0) is 9.53 Å². The first-order valence-electron chi connectivity index (χ1n) is 7.24. The SMILES string of the molecule is CCC/C=C/C=C/C(=O)O[C@H](C)CCCCCC. The quantitative estimate of drug-likeness (QED) is 0.241. The third kappa shape index (κ3) is 11.4. The fourth-order valence-electron chi connectivity index (χ4n) is 1.63. The minimum Gasteiger partial charge on any atom is -0.460 e. The van der Waals surface area contributed by atoms with E-state index in [2.05, 4.69) is 19.9 Å². The topological polar surface area (TPSA) is 26.3 Å². The largest absolute Gasteiger partial charge is 0.460 e. The van der Waals surface area contributed by atoms with Crippen LogP contribution in [0.25, 0.3) is 0 Å². The van der Waals surface area contributed by atoms with Crippen LogP contribution in [0.3, 0.4) is 0 Å². The van der Waals surface area contributed by atoms with Gasteiger partial charge in [0.1, 0.15) is 0 Å². The zero-order valence-corrected chi connectivity index (χ0v) is 12.2. The van der Waals surface area contributed by atoms with Gasteiger partial charge in [-0.05, 0) is 26.2 Å². The fourth-order valence-corrected chi connectivity index (χ4v) is 1.63. The van der Waals surface area contributed by atoms with Crippen LogP contribution in [0.2, 0.25) is 0 Å². The van der Waals surface area contributed by atoms with Gasteiger partial charge >= 0.3 is 5.97 Å². The van der Waals surface area contributed by atoms with E-state index >= 15 is 0 Å². The lowest BCUT2D eigenvalue weighted by molar-refractivity contribution is -0.142. The number of carbonyl (C=O) groups is 1. The zero-order chi connectivity index (χ0) is 13.6. The van der Waals surface area contributed by atoms with E-state index in [1.165, 1.54) is 25.3 Å². The first-order chi connectivity index (χ1) is 8.70. The van der Waals surface area contributed by atoms with Gasteiger partial charge in [0.05, 0.1) is 6.10 Å². The van der Waals surface area contributed by atoms with E-state index in [0.29, 0.717) is 0 Å². The molecule has 0 spiro atoms. The Labute approximate surface area is 112 Å². The van der Waals surface area contributed by atoms with Gasteiger partial charge in [0.15, 0.2) is 0 Å². The average molecular weight is 252 g/mol. The van der Waals surface area contributed by atoms with Crippen molar-refractivity contribution in [1.29, 1.82) is 0 Å². The highest BCUT2D eigenvalue weighted by atomic mass is 16.5. The molecule has 104 valence electrons. The number of carbonyl (C=O) groups excluding carboxylic acids is 1. The van der Waals surface area contributed by atoms with E-state index in [9.17, 15) is 4.79 Å². The van der Waals surface area contributed by atoms with Gasteiger partial charge in [-0.3, -0.25) is 0 Å². The van der Waals surface area contributed by atoms with Gasteiger partial charge in [0.25, 0.3) is 0 Å². The molecule has 18 heavy (non-hydrogen) atoms. The molecule has 0 aliphatic rings. The molecule has 2 heteroatoms. The summed E-state index contributed by atoms with van der Waals surface area (Å²) in [6.45, 7) is 6.29. The summed E-state index contributed by atoms with van der Waals surface area (Å²) in [5.74, 6) is -0.237. The third-order valence-electron chi connectivity index (χ3n) is 2.72. The lowest BCUT2D eigenvalue weighted by atomic mass is 10.1. The van der Waals surface area contributed by atoms with Gasteiger partial charge in [-0.25, -0.2) is 4.79 Å². The number of unbranched alkanes of at least 4 members (excludes halogenated alkanes) is 4. The fraction of sp³-hybridized carbons (Fsp3) is 0.688. The predicted molar refractivity (Wildman–Crippen MR) is 77.5 cm³/mol. The molecular formula is C16H28O2. The monoisotopic (exact) mass is 252 g/mol. The maximum absolute atomic E-state index is 11.4. The van der Waals surface area contributed by atoms with Crippen molar-refractivity contribution >= 4 is 5.97 Å². The van der Waals surface area contributed by atoms with Crippen LogP contribution in [0.4, 0.5) is 0 Å². The van der Waals surface area contributed by atoms with Crippen molar-refractivity contribution in [2.45, 2.75) is 71.8 Å². The lowest BCUT2D eigenvalue weighted by Crippen LogP contribution is -2.12. The second-order valence-electron chi connectivity index (χ2n) is 4.67. The first-order valence-corrected chi connectivity index (χ1v) is 7.24. The molecule has 0 rings (SSSR count). The number of allylic oxidation sites excluding steroid dienone is 3. The standard InChI is InChI=1S/C16H28O2/c1-4-6-8-10-12-14-16(17)18-15(3)13-11-9-7-5-2/h8,10,12,14-15H,4-7,9,11,13H2,1-3H3/b10-8+,14-12+/t15-/m1/s1. The normalized spacial score (nSPS) is 13.3. The van der Waals surface area contributed by atoms with E-state index in [4.69, 9.17) is 4.74 Å². The highest BCUT2D eigenvalue weighted by Crippen LogP contribution is 2.08. The van der Waals surface area contributed by atoms with E-state index in [0.717, 1.165) is 25.7 Å². The predicted octanol–water partition coefficient (Wildman–Crippen LogP) is 4.80. The Morgan fingerprint density at radius 3 is 2.56 bits per heavy atom. The summed E-state index contributed by atoms with van der Waals surface area (Å²) in [7, 11) is 0. The summed E-state index contributed by atoms with van der Waals surface area (Å²) >= 11 is 0. The lowest BCUT2D eigenvalue weighted by Gasteiger charge is -2.11. The van der Waals surface area contributed by atoms with Gasteiger partial charge in [0, 0.05) is 6.08 Å². The van der Waals surface area contributed by atoms with Crippen molar-refractivity contribution in [2.24, 2.45) is 0 Å². The van der Waals surface area contributed by atoms with Crippen molar-refractivity contribution in [3.05, 3.63) is 24.3 Å². The second-order valence-corrected chi connectivity index (χ2v) is 4.67. The molecule has 0 radical (unpaired) electrons. The molecule has 0 fully saturated rings. The zero-order valence-electron chi connectivity index (χ0n) is 12.2. The van der Waals surface area contributed by atoms with Crippen molar-refractivity contribution in [3.63, 3.8) is 0 Å². The van der Waals surface area contributed by atoms with Gasteiger partial charge in [-0.2, -0.15) is 0 Å². The maximum atomic E-state index is 11.4. The number of esters is 1. The second kappa shape index (κ2) is 12.4. The molecule has 0 saturated carbocycles. The van der Waals surface area contributed by atoms with Crippen LogP contribution in [0.5, 0.6) is 0 Å². The molecule has 0 saturated heterocycles. The Bertz CT molecular complexity index is 254. The minimum absolute atomic E-state index is 0.0265. The van der Waals surface area contributed by atoms with Crippen molar-refractivity contribution < 1.29 is 9.53 Å². The van der Waals surface area contributed by atoms with Gasteiger partial charge in [-0.1, -0.05) is 57.8 Å². The molecule has 0 unspecified atom stereocenters. The summed E-state index contributed by atoms with van der Waals surface area (Å²) < 4.78 is 5.28. The van der Waals surface area contributed by atoms with Crippen LogP contribution >= 0.6 is 0 Å². The first kappa shape index (κ1) is 16.9. The van der Waals surface area contributed by atoms with Gasteiger partial charge in [-0.15, -0.1) is 0 Å². The van der Waals surface area contributed by atoms with Crippen LogP contribution in [0.15, 0.2) is 24.3 Å². The molecular weight excluding hydrogens is 224 g/mol. The van der Waals surface area contributed by atoms with Crippen LogP contribution in [-0.4, -0.2) is 12.1 Å².